The molecule has 0 bridgehead atoms. The number of benzene rings is 3. The van der Waals surface area contributed by atoms with Gasteiger partial charge in [0.1, 0.15) is 12.4 Å². The number of ether oxygens (including phenoxy) is 1. The molecule has 1 amide bonds. The highest BCUT2D eigenvalue weighted by atomic mass is 16.5. The first-order valence-electron chi connectivity index (χ1n) is 11.4. The number of esters is 1. The molecule has 1 aliphatic rings. The van der Waals surface area contributed by atoms with Gasteiger partial charge in [0, 0.05) is 19.5 Å². The molecule has 170 valence electrons. The minimum Gasteiger partial charge on any atom is -0.425 e. The fourth-order valence-corrected chi connectivity index (χ4v) is 4.56. The van der Waals surface area contributed by atoms with Gasteiger partial charge >= 0.3 is 5.97 Å². The van der Waals surface area contributed by atoms with Crippen LogP contribution in [0.5, 0.6) is 5.75 Å². The zero-order valence-corrected chi connectivity index (χ0v) is 18.7. The number of aliphatic hydroxyl groups excluding tert-OH is 1. The molecule has 0 aliphatic heterocycles. The van der Waals surface area contributed by atoms with Crippen molar-refractivity contribution < 1.29 is 19.4 Å². The van der Waals surface area contributed by atoms with E-state index in [1.807, 2.05) is 77.7 Å². The van der Waals surface area contributed by atoms with Crippen LogP contribution in [-0.2, 0) is 29.1 Å². The molecule has 3 aromatic carbocycles. The number of hydrogen-bond donors (Lipinski definition) is 1. The summed E-state index contributed by atoms with van der Waals surface area (Å²) in [5.41, 5.74) is 4.24. The third-order valence-corrected chi connectivity index (χ3v) is 6.15. The number of hydrogen-bond acceptors (Lipinski definition) is 4. The Balaban J connectivity index is 1.54. The first-order chi connectivity index (χ1) is 16.1. The molecule has 0 aromatic heterocycles. The first kappa shape index (κ1) is 22.7. The third-order valence-electron chi connectivity index (χ3n) is 6.15. The van der Waals surface area contributed by atoms with Gasteiger partial charge < -0.3 is 14.7 Å². The molecule has 1 atom stereocenters. The Bertz CT molecular complexity index is 1040. The minimum atomic E-state index is -0.668. The lowest BCUT2D eigenvalue weighted by Crippen LogP contribution is -2.31. The van der Waals surface area contributed by atoms with E-state index in [1.165, 1.54) is 0 Å². The van der Waals surface area contributed by atoms with Gasteiger partial charge in [0.05, 0.1) is 0 Å². The molecule has 0 fully saturated rings. The largest absolute Gasteiger partial charge is 0.425 e. The Kier molecular flexibility index (Phi) is 7.53. The monoisotopic (exact) mass is 443 g/mol. The molecule has 0 saturated heterocycles. The van der Waals surface area contributed by atoms with Crippen molar-refractivity contribution in [1.29, 1.82) is 0 Å². The SMILES string of the molecule is O=C(CO)Oc1cccc2c1CCCC2CC(=O)N(Cc1ccccc1)Cc1ccccc1. The van der Waals surface area contributed by atoms with Gasteiger partial charge in [-0.2, -0.15) is 0 Å². The molecule has 5 nitrogen and oxygen atoms in total. The van der Waals surface area contributed by atoms with Gasteiger partial charge in [-0.3, -0.25) is 4.79 Å². The molecule has 33 heavy (non-hydrogen) atoms. The summed E-state index contributed by atoms with van der Waals surface area (Å²) >= 11 is 0. The number of aliphatic hydroxyl groups is 1. The van der Waals surface area contributed by atoms with Crippen LogP contribution in [0.1, 0.15) is 47.4 Å². The van der Waals surface area contributed by atoms with Gasteiger partial charge in [0.25, 0.3) is 0 Å². The Morgan fingerprint density at radius 2 is 1.52 bits per heavy atom. The van der Waals surface area contributed by atoms with Gasteiger partial charge in [-0.1, -0.05) is 72.8 Å². The highest BCUT2D eigenvalue weighted by Crippen LogP contribution is 2.39. The van der Waals surface area contributed by atoms with E-state index < -0.39 is 12.6 Å². The van der Waals surface area contributed by atoms with E-state index >= 15 is 0 Å². The summed E-state index contributed by atoms with van der Waals surface area (Å²) in [6.07, 6.45) is 3.05. The Hall–Kier alpha value is -3.44. The number of amides is 1. The van der Waals surface area contributed by atoms with Gasteiger partial charge in [-0.15, -0.1) is 0 Å². The Morgan fingerprint density at radius 1 is 0.879 bits per heavy atom. The minimum absolute atomic E-state index is 0.0723. The third kappa shape index (κ3) is 5.88. The van der Waals surface area contributed by atoms with E-state index in [-0.39, 0.29) is 11.8 Å². The summed E-state index contributed by atoms with van der Waals surface area (Å²) in [4.78, 5) is 27.1. The van der Waals surface area contributed by atoms with E-state index in [0.29, 0.717) is 25.3 Å². The van der Waals surface area contributed by atoms with Crippen LogP contribution < -0.4 is 4.74 Å². The molecule has 0 spiro atoms. The van der Waals surface area contributed by atoms with Crippen molar-refractivity contribution in [3.8, 4) is 5.75 Å². The Labute approximate surface area is 194 Å². The maximum Gasteiger partial charge on any atom is 0.337 e. The van der Waals surface area contributed by atoms with E-state index in [1.54, 1.807) is 6.07 Å². The second kappa shape index (κ2) is 10.9. The molecule has 0 heterocycles. The van der Waals surface area contributed by atoms with Crippen LogP contribution >= 0.6 is 0 Å². The molecule has 5 heteroatoms. The smallest absolute Gasteiger partial charge is 0.337 e. The van der Waals surface area contributed by atoms with E-state index in [2.05, 4.69) is 0 Å². The number of rotatable bonds is 8. The Morgan fingerprint density at radius 3 is 2.12 bits per heavy atom. The average Bonchev–Trinajstić information content (AvgIpc) is 2.85. The van der Waals surface area contributed by atoms with E-state index in [4.69, 9.17) is 9.84 Å². The van der Waals surface area contributed by atoms with Crippen LogP contribution in [0.4, 0.5) is 0 Å². The molecular formula is C28H29NO4. The molecule has 1 aliphatic carbocycles. The van der Waals surface area contributed by atoms with Crippen molar-refractivity contribution >= 4 is 11.9 Å². The van der Waals surface area contributed by atoms with Crippen LogP contribution in [0.15, 0.2) is 78.9 Å². The fraction of sp³-hybridized carbons (Fsp3) is 0.286. The zero-order valence-electron chi connectivity index (χ0n) is 18.7. The molecule has 3 aromatic rings. The second-order valence-electron chi connectivity index (χ2n) is 8.47. The maximum atomic E-state index is 13.5. The standard InChI is InChI=1S/C28H29NO4/c30-20-28(32)33-26-16-8-14-24-23(13-7-15-25(24)26)17-27(31)29(18-21-9-3-1-4-10-21)19-22-11-5-2-6-12-22/h1-6,8-12,14,16,23,30H,7,13,15,17-20H2. The lowest BCUT2D eigenvalue weighted by atomic mass is 9.80. The van der Waals surface area contributed by atoms with Crippen LogP contribution in [0.25, 0.3) is 0 Å². The summed E-state index contributed by atoms with van der Waals surface area (Å²) in [6, 6.07) is 25.8. The van der Waals surface area contributed by atoms with Crippen molar-refractivity contribution in [2.45, 2.75) is 44.7 Å². The number of fused-ring (bicyclic) bond motifs is 1. The average molecular weight is 444 g/mol. The van der Waals surface area contributed by atoms with Crippen molar-refractivity contribution in [2.24, 2.45) is 0 Å². The highest BCUT2D eigenvalue weighted by Gasteiger charge is 2.27. The van der Waals surface area contributed by atoms with Crippen molar-refractivity contribution in [2.75, 3.05) is 6.61 Å². The normalized spacial score (nSPS) is 14.9. The van der Waals surface area contributed by atoms with Gasteiger partial charge in [0.15, 0.2) is 0 Å². The van der Waals surface area contributed by atoms with Gasteiger partial charge in [-0.25, -0.2) is 4.79 Å². The second-order valence-corrected chi connectivity index (χ2v) is 8.47. The number of nitrogens with zero attached hydrogens (tertiary/aromatic N) is 1. The summed E-state index contributed by atoms with van der Waals surface area (Å²) in [5.74, 6) is 0.00834. The lowest BCUT2D eigenvalue weighted by Gasteiger charge is -2.29. The molecule has 1 N–H and O–H groups in total. The molecule has 0 radical (unpaired) electrons. The van der Waals surface area contributed by atoms with E-state index in [0.717, 1.165) is 41.5 Å². The van der Waals surface area contributed by atoms with Crippen molar-refractivity contribution in [3.63, 3.8) is 0 Å². The first-order valence-corrected chi connectivity index (χ1v) is 11.4. The predicted octanol–water partition coefficient (Wildman–Crippen LogP) is 4.62. The lowest BCUT2D eigenvalue weighted by molar-refractivity contribution is -0.137. The molecule has 0 saturated carbocycles. The number of carbonyl (C=O) groups excluding carboxylic acids is 2. The van der Waals surface area contributed by atoms with Crippen LogP contribution in [0, 0.1) is 0 Å². The molecule has 4 rings (SSSR count). The number of carbonyl (C=O) groups is 2. The van der Waals surface area contributed by atoms with Crippen LogP contribution in [0.3, 0.4) is 0 Å². The topological polar surface area (TPSA) is 66.8 Å². The van der Waals surface area contributed by atoms with Crippen molar-refractivity contribution in [3.05, 3.63) is 101 Å². The fourth-order valence-electron chi connectivity index (χ4n) is 4.56. The predicted molar refractivity (Wildman–Crippen MR) is 127 cm³/mol. The summed E-state index contributed by atoms with van der Waals surface area (Å²) < 4.78 is 5.34. The van der Waals surface area contributed by atoms with E-state index in [9.17, 15) is 9.59 Å². The van der Waals surface area contributed by atoms with Gasteiger partial charge in [-0.05, 0) is 53.5 Å². The quantitative estimate of drug-likeness (QED) is 0.407. The molecular weight excluding hydrogens is 414 g/mol. The zero-order chi connectivity index (χ0) is 23.0. The van der Waals surface area contributed by atoms with Gasteiger partial charge in [0.2, 0.25) is 5.91 Å². The summed E-state index contributed by atoms with van der Waals surface area (Å²) in [7, 11) is 0. The van der Waals surface area contributed by atoms with Crippen molar-refractivity contribution in [1.82, 2.24) is 4.90 Å². The molecule has 1 unspecified atom stereocenters. The maximum absolute atomic E-state index is 13.5. The highest BCUT2D eigenvalue weighted by molar-refractivity contribution is 5.78. The summed E-state index contributed by atoms with van der Waals surface area (Å²) in [5, 5.41) is 9.05. The van der Waals surface area contributed by atoms with Crippen LogP contribution in [-0.4, -0.2) is 28.5 Å². The van der Waals surface area contributed by atoms with Crippen LogP contribution in [0.2, 0.25) is 0 Å². The summed E-state index contributed by atoms with van der Waals surface area (Å²) in [6.45, 7) is 0.462.